The van der Waals surface area contributed by atoms with Gasteiger partial charge in [-0.15, -0.1) is 11.3 Å². The fourth-order valence-electron chi connectivity index (χ4n) is 1.53. The first kappa shape index (κ1) is 14.5. The number of aromatic nitrogens is 1. The molecule has 5 nitrogen and oxygen atoms in total. The molecule has 0 radical (unpaired) electrons. The van der Waals surface area contributed by atoms with Gasteiger partial charge >= 0.3 is 5.97 Å². The van der Waals surface area contributed by atoms with Gasteiger partial charge in [0.15, 0.2) is 5.69 Å². The third kappa shape index (κ3) is 3.34. The van der Waals surface area contributed by atoms with Crippen LogP contribution in [-0.2, 0) is 6.54 Å². The molecule has 1 aromatic carbocycles. The summed E-state index contributed by atoms with van der Waals surface area (Å²) in [6, 6.07) is 5.00. The lowest BCUT2D eigenvalue weighted by molar-refractivity contribution is 0.0691. The summed E-state index contributed by atoms with van der Waals surface area (Å²) in [4.78, 5) is 26.5. The van der Waals surface area contributed by atoms with Gasteiger partial charge in [0.1, 0.15) is 5.01 Å². The average molecular weight is 311 g/mol. The van der Waals surface area contributed by atoms with E-state index in [2.05, 4.69) is 10.3 Å². The maximum Gasteiger partial charge on any atom is 0.355 e. The minimum absolute atomic E-state index is 0.0124. The van der Waals surface area contributed by atoms with Crippen LogP contribution in [0.15, 0.2) is 23.6 Å². The second-order valence-electron chi connectivity index (χ2n) is 4.08. The number of rotatable bonds is 4. The normalized spacial score (nSPS) is 10.3. The Kier molecular flexibility index (Phi) is 4.36. The van der Waals surface area contributed by atoms with Gasteiger partial charge in [-0.05, 0) is 30.7 Å². The first-order valence-electron chi connectivity index (χ1n) is 5.69. The highest BCUT2D eigenvalue weighted by atomic mass is 35.5. The Morgan fingerprint density at radius 1 is 1.45 bits per heavy atom. The van der Waals surface area contributed by atoms with Gasteiger partial charge in [-0.2, -0.15) is 0 Å². The summed E-state index contributed by atoms with van der Waals surface area (Å²) < 4.78 is 0. The molecule has 7 heteroatoms. The Balaban J connectivity index is 2.00. The van der Waals surface area contributed by atoms with E-state index in [1.54, 1.807) is 18.2 Å². The summed E-state index contributed by atoms with van der Waals surface area (Å²) in [5.41, 5.74) is 1.31. The number of carbonyl (C=O) groups is 2. The molecule has 0 saturated heterocycles. The van der Waals surface area contributed by atoms with E-state index >= 15 is 0 Å². The van der Waals surface area contributed by atoms with Crippen molar-refractivity contribution in [3.8, 4) is 0 Å². The summed E-state index contributed by atoms with van der Waals surface area (Å²) in [7, 11) is 0. The number of nitrogens with one attached hydrogen (secondary N) is 1. The molecule has 104 valence electrons. The molecule has 1 heterocycles. The zero-order valence-electron chi connectivity index (χ0n) is 10.5. The Morgan fingerprint density at radius 2 is 2.20 bits per heavy atom. The van der Waals surface area contributed by atoms with Crippen LogP contribution < -0.4 is 5.32 Å². The Hall–Kier alpha value is -1.92. The highest BCUT2D eigenvalue weighted by Gasteiger charge is 2.11. The van der Waals surface area contributed by atoms with Crippen molar-refractivity contribution in [3.63, 3.8) is 0 Å². The molecule has 0 unspecified atom stereocenters. The summed E-state index contributed by atoms with van der Waals surface area (Å²) in [6.07, 6.45) is 0. The number of hydrogen-bond donors (Lipinski definition) is 2. The largest absolute Gasteiger partial charge is 0.476 e. The number of amides is 1. The van der Waals surface area contributed by atoms with Crippen LogP contribution >= 0.6 is 22.9 Å². The van der Waals surface area contributed by atoms with E-state index in [-0.39, 0.29) is 18.1 Å². The van der Waals surface area contributed by atoms with E-state index in [9.17, 15) is 9.59 Å². The summed E-state index contributed by atoms with van der Waals surface area (Å²) >= 11 is 7.09. The van der Waals surface area contributed by atoms with Gasteiger partial charge in [-0.1, -0.05) is 11.6 Å². The van der Waals surface area contributed by atoms with Crippen LogP contribution in [0.1, 0.15) is 31.4 Å². The molecule has 0 aliphatic carbocycles. The predicted molar refractivity (Wildman–Crippen MR) is 76.4 cm³/mol. The highest BCUT2D eigenvalue weighted by Crippen LogP contribution is 2.16. The van der Waals surface area contributed by atoms with Crippen molar-refractivity contribution in [3.05, 3.63) is 50.4 Å². The Morgan fingerprint density at radius 3 is 2.80 bits per heavy atom. The van der Waals surface area contributed by atoms with Crippen molar-refractivity contribution < 1.29 is 14.7 Å². The van der Waals surface area contributed by atoms with Gasteiger partial charge < -0.3 is 10.4 Å². The van der Waals surface area contributed by atoms with Crippen LogP contribution in [0.3, 0.4) is 0 Å². The van der Waals surface area contributed by atoms with Crippen molar-refractivity contribution in [2.45, 2.75) is 13.5 Å². The van der Waals surface area contributed by atoms with E-state index in [0.29, 0.717) is 15.6 Å². The van der Waals surface area contributed by atoms with Crippen molar-refractivity contribution in [1.29, 1.82) is 0 Å². The SMILES string of the molecule is Cc1cc(C(=O)NCc2nc(C(=O)O)cs2)ccc1Cl. The van der Waals surface area contributed by atoms with Crippen molar-refractivity contribution in [1.82, 2.24) is 10.3 Å². The van der Waals surface area contributed by atoms with Crippen LogP contribution in [0.4, 0.5) is 0 Å². The van der Waals surface area contributed by atoms with Gasteiger partial charge in [0.2, 0.25) is 0 Å². The van der Waals surface area contributed by atoms with Gasteiger partial charge in [-0.25, -0.2) is 9.78 Å². The number of nitrogens with zero attached hydrogens (tertiary/aromatic N) is 1. The molecule has 0 fully saturated rings. The Labute approximate surface area is 124 Å². The quantitative estimate of drug-likeness (QED) is 0.910. The number of benzene rings is 1. The first-order chi connectivity index (χ1) is 9.47. The number of carbonyl (C=O) groups excluding carboxylic acids is 1. The molecule has 0 aliphatic rings. The molecule has 0 spiro atoms. The fourth-order valence-corrected chi connectivity index (χ4v) is 2.36. The molecule has 0 saturated carbocycles. The number of aromatic carboxylic acids is 1. The Bertz CT molecular complexity index is 669. The van der Waals surface area contributed by atoms with E-state index in [4.69, 9.17) is 16.7 Å². The van der Waals surface area contributed by atoms with E-state index in [1.165, 1.54) is 16.7 Å². The number of hydrogen-bond acceptors (Lipinski definition) is 4. The summed E-state index contributed by atoms with van der Waals surface area (Å²) in [5, 5.41) is 14.0. The molecule has 1 amide bonds. The summed E-state index contributed by atoms with van der Waals surface area (Å²) in [5.74, 6) is -1.33. The molecule has 0 bridgehead atoms. The second kappa shape index (κ2) is 6.02. The van der Waals surface area contributed by atoms with Crippen molar-refractivity contribution >= 4 is 34.8 Å². The number of carboxylic acids is 1. The first-order valence-corrected chi connectivity index (χ1v) is 6.95. The van der Waals surface area contributed by atoms with Crippen molar-refractivity contribution in [2.24, 2.45) is 0 Å². The van der Waals surface area contributed by atoms with Gasteiger partial charge in [0.25, 0.3) is 5.91 Å². The number of thiazole rings is 1. The summed E-state index contributed by atoms with van der Waals surface area (Å²) in [6.45, 7) is 2.01. The van der Waals surface area contributed by atoms with Crippen LogP contribution in [0.5, 0.6) is 0 Å². The van der Waals surface area contributed by atoms with Gasteiger partial charge in [0, 0.05) is 16.0 Å². The molecule has 20 heavy (non-hydrogen) atoms. The van der Waals surface area contributed by atoms with Crippen molar-refractivity contribution in [2.75, 3.05) is 0 Å². The lowest BCUT2D eigenvalue weighted by Gasteiger charge is -2.05. The standard InChI is InChI=1S/C13H11ClN2O3S/c1-7-4-8(2-3-9(7)14)12(17)15-5-11-16-10(6-20-11)13(18)19/h2-4,6H,5H2,1H3,(H,15,17)(H,18,19). The lowest BCUT2D eigenvalue weighted by atomic mass is 10.1. The molecule has 2 aromatic rings. The van der Waals surface area contributed by atoms with Gasteiger partial charge in [0.05, 0.1) is 6.54 Å². The van der Waals surface area contributed by atoms with Crippen LogP contribution in [0.2, 0.25) is 5.02 Å². The number of carboxylic acid groups (broad SMARTS) is 1. The zero-order chi connectivity index (χ0) is 14.7. The van der Waals surface area contributed by atoms with E-state index in [1.807, 2.05) is 6.92 Å². The minimum atomic E-state index is -1.08. The maximum absolute atomic E-state index is 11.9. The second-order valence-corrected chi connectivity index (χ2v) is 5.43. The molecular weight excluding hydrogens is 300 g/mol. The minimum Gasteiger partial charge on any atom is -0.476 e. The molecule has 1 aromatic heterocycles. The third-order valence-electron chi connectivity index (χ3n) is 2.59. The van der Waals surface area contributed by atoms with Crippen LogP contribution in [-0.4, -0.2) is 22.0 Å². The predicted octanol–water partition coefficient (Wildman–Crippen LogP) is 2.73. The lowest BCUT2D eigenvalue weighted by Crippen LogP contribution is -2.22. The monoisotopic (exact) mass is 310 g/mol. The molecule has 2 N–H and O–H groups in total. The molecular formula is C13H11ClN2O3S. The molecule has 2 rings (SSSR count). The third-order valence-corrected chi connectivity index (χ3v) is 3.86. The average Bonchev–Trinajstić information content (AvgIpc) is 2.88. The van der Waals surface area contributed by atoms with E-state index < -0.39 is 5.97 Å². The van der Waals surface area contributed by atoms with Gasteiger partial charge in [-0.3, -0.25) is 4.79 Å². The van der Waals surface area contributed by atoms with Crippen LogP contribution in [0, 0.1) is 6.92 Å². The smallest absolute Gasteiger partial charge is 0.355 e. The maximum atomic E-state index is 11.9. The van der Waals surface area contributed by atoms with Crippen LogP contribution in [0.25, 0.3) is 0 Å². The number of aryl methyl sites for hydroxylation is 1. The number of halogens is 1. The zero-order valence-corrected chi connectivity index (χ0v) is 12.1. The topological polar surface area (TPSA) is 79.3 Å². The molecule has 0 atom stereocenters. The van der Waals surface area contributed by atoms with E-state index in [0.717, 1.165) is 5.56 Å². The molecule has 0 aliphatic heterocycles. The highest BCUT2D eigenvalue weighted by molar-refractivity contribution is 7.09. The fraction of sp³-hybridized carbons (Fsp3) is 0.154.